The average molecular weight is 243 g/mol. The van der Waals surface area contributed by atoms with E-state index < -0.39 is 5.82 Å². The molecule has 0 aromatic heterocycles. The molecule has 0 spiro atoms. The summed E-state index contributed by atoms with van der Waals surface area (Å²) in [5.74, 6) is -0.296. The summed E-state index contributed by atoms with van der Waals surface area (Å²) in [5, 5.41) is 5.93. The van der Waals surface area contributed by atoms with E-state index in [0.29, 0.717) is 17.4 Å². The molecule has 2 rings (SSSR count). The van der Waals surface area contributed by atoms with Crippen LogP contribution in [-0.4, -0.2) is 19.0 Å². The van der Waals surface area contributed by atoms with Gasteiger partial charge in [-0.1, -0.05) is 11.6 Å². The number of carbonyl (C=O) groups is 1. The Morgan fingerprint density at radius 1 is 1.56 bits per heavy atom. The lowest BCUT2D eigenvalue weighted by atomic mass is 9.99. The minimum Gasteiger partial charge on any atom is -0.324 e. The minimum atomic E-state index is -0.507. The van der Waals surface area contributed by atoms with Crippen molar-refractivity contribution in [2.75, 3.05) is 18.4 Å². The number of benzene rings is 1. The first-order valence-electron chi connectivity index (χ1n) is 5.11. The number of anilines is 1. The average Bonchev–Trinajstić information content (AvgIpc) is 2.16. The molecule has 0 bridgehead atoms. The van der Waals surface area contributed by atoms with Crippen molar-refractivity contribution in [2.45, 2.75) is 6.42 Å². The minimum absolute atomic E-state index is 0.160. The standard InChI is InChI=1S/C11H12ClFN2O/c12-8-1-2-10(9(13)4-8)15-11(16)3-7-5-14-6-7/h1-2,4,7,14H,3,5-6H2,(H,15,16). The summed E-state index contributed by atoms with van der Waals surface area (Å²) in [6.45, 7) is 1.72. The smallest absolute Gasteiger partial charge is 0.224 e. The fraction of sp³-hybridized carbons (Fsp3) is 0.364. The molecule has 1 heterocycles. The zero-order chi connectivity index (χ0) is 11.5. The van der Waals surface area contributed by atoms with Crippen molar-refractivity contribution in [1.29, 1.82) is 0 Å². The van der Waals surface area contributed by atoms with Crippen LogP contribution in [0.25, 0.3) is 0 Å². The maximum absolute atomic E-state index is 13.3. The van der Waals surface area contributed by atoms with Crippen LogP contribution in [0.15, 0.2) is 18.2 Å². The maximum Gasteiger partial charge on any atom is 0.224 e. The highest BCUT2D eigenvalue weighted by Gasteiger charge is 2.20. The van der Waals surface area contributed by atoms with Crippen LogP contribution in [0.1, 0.15) is 6.42 Å². The van der Waals surface area contributed by atoms with Gasteiger partial charge in [0.05, 0.1) is 5.69 Å². The molecule has 1 saturated heterocycles. The van der Waals surface area contributed by atoms with Gasteiger partial charge in [0, 0.05) is 11.4 Å². The first-order chi connectivity index (χ1) is 7.65. The van der Waals surface area contributed by atoms with Gasteiger partial charge in [0.15, 0.2) is 0 Å². The molecule has 0 unspecified atom stereocenters. The van der Waals surface area contributed by atoms with Crippen LogP contribution in [0.3, 0.4) is 0 Å². The van der Waals surface area contributed by atoms with Crippen molar-refractivity contribution in [3.05, 3.63) is 29.0 Å². The van der Waals surface area contributed by atoms with Crippen molar-refractivity contribution in [2.24, 2.45) is 5.92 Å². The number of hydrogen-bond acceptors (Lipinski definition) is 2. The van der Waals surface area contributed by atoms with Crippen LogP contribution in [0.4, 0.5) is 10.1 Å². The largest absolute Gasteiger partial charge is 0.324 e. The quantitative estimate of drug-likeness (QED) is 0.852. The van der Waals surface area contributed by atoms with Gasteiger partial charge in [-0.2, -0.15) is 0 Å². The molecule has 1 aliphatic heterocycles. The van der Waals surface area contributed by atoms with Gasteiger partial charge < -0.3 is 10.6 Å². The number of rotatable bonds is 3. The lowest BCUT2D eigenvalue weighted by Crippen LogP contribution is -2.43. The second-order valence-corrected chi connectivity index (χ2v) is 4.34. The van der Waals surface area contributed by atoms with E-state index in [1.54, 1.807) is 6.07 Å². The summed E-state index contributed by atoms with van der Waals surface area (Å²) in [7, 11) is 0. The zero-order valence-corrected chi connectivity index (χ0v) is 9.35. The molecular weight excluding hydrogens is 231 g/mol. The van der Waals surface area contributed by atoms with Crippen LogP contribution in [0, 0.1) is 11.7 Å². The van der Waals surface area contributed by atoms with Crippen molar-refractivity contribution in [3.8, 4) is 0 Å². The van der Waals surface area contributed by atoms with E-state index >= 15 is 0 Å². The fourth-order valence-corrected chi connectivity index (χ4v) is 1.71. The van der Waals surface area contributed by atoms with Gasteiger partial charge in [-0.15, -0.1) is 0 Å². The number of amides is 1. The van der Waals surface area contributed by atoms with E-state index in [1.165, 1.54) is 12.1 Å². The van der Waals surface area contributed by atoms with Crippen LogP contribution in [0.5, 0.6) is 0 Å². The van der Waals surface area contributed by atoms with Gasteiger partial charge in [-0.3, -0.25) is 4.79 Å². The Kier molecular flexibility index (Phi) is 3.41. The van der Waals surface area contributed by atoms with Gasteiger partial charge >= 0.3 is 0 Å². The van der Waals surface area contributed by atoms with Crippen molar-refractivity contribution < 1.29 is 9.18 Å². The summed E-state index contributed by atoms with van der Waals surface area (Å²) in [6, 6.07) is 4.20. The SMILES string of the molecule is O=C(CC1CNC1)Nc1ccc(Cl)cc1F. The second kappa shape index (κ2) is 4.80. The zero-order valence-electron chi connectivity index (χ0n) is 8.59. The molecule has 2 N–H and O–H groups in total. The molecule has 0 aliphatic carbocycles. The Bertz CT molecular complexity index is 407. The van der Waals surface area contributed by atoms with Gasteiger partial charge in [-0.05, 0) is 37.2 Å². The Balaban J connectivity index is 1.94. The summed E-state index contributed by atoms with van der Waals surface area (Å²) in [5.41, 5.74) is 0.182. The van der Waals surface area contributed by atoms with E-state index in [1.807, 2.05) is 0 Å². The van der Waals surface area contributed by atoms with Crippen LogP contribution in [0.2, 0.25) is 5.02 Å². The van der Waals surface area contributed by atoms with Gasteiger partial charge in [0.1, 0.15) is 5.82 Å². The van der Waals surface area contributed by atoms with E-state index in [-0.39, 0.29) is 11.6 Å². The normalized spacial score (nSPS) is 15.6. The number of nitrogens with one attached hydrogen (secondary N) is 2. The van der Waals surface area contributed by atoms with Crippen LogP contribution in [-0.2, 0) is 4.79 Å². The monoisotopic (exact) mass is 242 g/mol. The predicted molar refractivity (Wildman–Crippen MR) is 61.0 cm³/mol. The Hall–Kier alpha value is -1.13. The third kappa shape index (κ3) is 2.71. The molecule has 0 atom stereocenters. The number of hydrogen-bond donors (Lipinski definition) is 2. The maximum atomic E-state index is 13.3. The summed E-state index contributed by atoms with van der Waals surface area (Å²) in [4.78, 5) is 11.5. The Labute approximate surface area is 98.0 Å². The molecule has 1 amide bonds. The summed E-state index contributed by atoms with van der Waals surface area (Å²) < 4.78 is 13.3. The third-order valence-electron chi connectivity index (χ3n) is 2.55. The Morgan fingerprint density at radius 2 is 2.31 bits per heavy atom. The van der Waals surface area contributed by atoms with Crippen LogP contribution >= 0.6 is 11.6 Å². The first kappa shape index (κ1) is 11.4. The highest BCUT2D eigenvalue weighted by atomic mass is 35.5. The third-order valence-corrected chi connectivity index (χ3v) is 2.78. The highest BCUT2D eigenvalue weighted by Crippen LogP contribution is 2.19. The second-order valence-electron chi connectivity index (χ2n) is 3.90. The molecule has 5 heteroatoms. The van der Waals surface area contributed by atoms with Gasteiger partial charge in [-0.25, -0.2) is 4.39 Å². The molecule has 3 nitrogen and oxygen atoms in total. The van der Waals surface area contributed by atoms with Gasteiger partial charge in [0.25, 0.3) is 0 Å². The van der Waals surface area contributed by atoms with E-state index in [0.717, 1.165) is 13.1 Å². The molecular formula is C11H12ClFN2O. The van der Waals surface area contributed by atoms with Crippen molar-refractivity contribution in [3.63, 3.8) is 0 Å². The van der Waals surface area contributed by atoms with Crippen LogP contribution < -0.4 is 10.6 Å². The number of carbonyl (C=O) groups excluding carboxylic acids is 1. The first-order valence-corrected chi connectivity index (χ1v) is 5.48. The topological polar surface area (TPSA) is 41.1 Å². The van der Waals surface area contributed by atoms with Crippen molar-refractivity contribution in [1.82, 2.24) is 5.32 Å². The van der Waals surface area contributed by atoms with E-state index in [9.17, 15) is 9.18 Å². The molecule has 0 saturated carbocycles. The van der Waals surface area contributed by atoms with Crippen molar-refractivity contribution >= 4 is 23.2 Å². The molecule has 1 aromatic rings. The van der Waals surface area contributed by atoms with E-state index in [4.69, 9.17) is 11.6 Å². The summed E-state index contributed by atoms with van der Waals surface area (Å²) in [6.07, 6.45) is 0.426. The molecule has 1 fully saturated rings. The molecule has 16 heavy (non-hydrogen) atoms. The van der Waals surface area contributed by atoms with E-state index in [2.05, 4.69) is 10.6 Å². The Morgan fingerprint density at radius 3 is 2.88 bits per heavy atom. The highest BCUT2D eigenvalue weighted by molar-refractivity contribution is 6.30. The lowest BCUT2D eigenvalue weighted by Gasteiger charge is -2.26. The number of halogens is 2. The fourth-order valence-electron chi connectivity index (χ4n) is 1.55. The predicted octanol–water partition coefficient (Wildman–Crippen LogP) is 2.03. The van der Waals surface area contributed by atoms with Gasteiger partial charge in [0.2, 0.25) is 5.91 Å². The summed E-state index contributed by atoms with van der Waals surface area (Å²) >= 11 is 5.61. The lowest BCUT2D eigenvalue weighted by molar-refractivity contribution is -0.117. The molecule has 1 aromatic carbocycles. The molecule has 0 radical (unpaired) electrons. The molecule has 86 valence electrons. The molecule has 1 aliphatic rings.